The summed E-state index contributed by atoms with van der Waals surface area (Å²) in [5, 5.41) is 14.5. The van der Waals surface area contributed by atoms with Crippen LogP contribution in [-0.4, -0.2) is 50.9 Å². The van der Waals surface area contributed by atoms with Gasteiger partial charge in [0.2, 0.25) is 0 Å². The maximum absolute atomic E-state index is 13.1. The van der Waals surface area contributed by atoms with E-state index in [-0.39, 0.29) is 37.3 Å². The second-order valence-corrected chi connectivity index (χ2v) is 12.8. The summed E-state index contributed by atoms with van der Waals surface area (Å²) in [5.74, 6) is 1.01. The Labute approximate surface area is 215 Å². The molecule has 0 aliphatic rings. The molecule has 2 atom stereocenters. The number of fused-ring (bicyclic) bond motifs is 1. The number of rotatable bonds is 14. The molecular weight excluding hydrogens is 505 g/mol. The van der Waals surface area contributed by atoms with Crippen LogP contribution in [0.4, 0.5) is 5.82 Å². The smallest absolute Gasteiger partial charge is 0.337 e. The number of thiazole rings is 1. The van der Waals surface area contributed by atoms with Gasteiger partial charge in [0.05, 0.1) is 36.8 Å². The Balaban J connectivity index is 1.98. The molecule has 2 unspecified atom stereocenters. The van der Waals surface area contributed by atoms with E-state index in [0.29, 0.717) is 27.5 Å². The molecule has 0 saturated heterocycles. The summed E-state index contributed by atoms with van der Waals surface area (Å²) < 4.78 is 24.7. The molecule has 3 heterocycles. The van der Waals surface area contributed by atoms with E-state index >= 15 is 0 Å². The van der Waals surface area contributed by atoms with Gasteiger partial charge in [-0.25, -0.2) is 15.0 Å². The average molecular weight is 540 g/mol. The molecule has 0 saturated carbocycles. The van der Waals surface area contributed by atoms with E-state index in [1.807, 2.05) is 18.2 Å². The Bertz CT molecular complexity index is 1120. The van der Waals surface area contributed by atoms with Crippen LogP contribution in [-0.2, 0) is 19.8 Å². The molecule has 0 radical (unpaired) electrons. The van der Waals surface area contributed by atoms with E-state index in [1.54, 1.807) is 20.0 Å². The van der Waals surface area contributed by atoms with Gasteiger partial charge in [-0.3, -0.25) is 9.55 Å². The first-order chi connectivity index (χ1) is 16.8. The van der Waals surface area contributed by atoms with Gasteiger partial charge in [-0.2, -0.15) is 0 Å². The number of pyridine rings is 1. The molecule has 192 valence electrons. The third-order valence-corrected chi connectivity index (χ3v) is 9.21. The lowest BCUT2D eigenvalue weighted by molar-refractivity contribution is 0.219. The molecule has 0 aliphatic heterocycles. The highest BCUT2D eigenvalue weighted by atomic mass is 32.2. The summed E-state index contributed by atoms with van der Waals surface area (Å²) in [6.45, 7) is 10.4. The topological polar surface area (TPSA) is 119 Å². The summed E-state index contributed by atoms with van der Waals surface area (Å²) in [5.41, 5.74) is 1.44. The van der Waals surface area contributed by atoms with Crippen LogP contribution in [0, 0.1) is 5.92 Å². The molecule has 0 amide bonds. The second kappa shape index (κ2) is 13.1. The standard InChI is InChI=1S/C23H34N5O4PS2/c1-6-31-33(30,32-7-2)14-19-26-22-20(35-19)21(25-17(13-29)12-15(3)4)27-23(28-22)34-16(5)18-10-8-9-11-24-18/h8-11,15-17,29H,6-7,12-14H2,1-5H3,(H,25,27,28). The highest BCUT2D eigenvalue weighted by Gasteiger charge is 2.27. The molecule has 0 spiro atoms. The van der Waals surface area contributed by atoms with Crippen molar-refractivity contribution in [3.05, 3.63) is 35.1 Å². The molecule has 35 heavy (non-hydrogen) atoms. The third-order valence-electron chi connectivity index (χ3n) is 4.96. The summed E-state index contributed by atoms with van der Waals surface area (Å²) in [4.78, 5) is 18.6. The Kier molecular flexibility index (Phi) is 10.4. The van der Waals surface area contributed by atoms with Crippen LogP contribution in [0.3, 0.4) is 0 Å². The predicted molar refractivity (Wildman–Crippen MR) is 142 cm³/mol. The zero-order chi connectivity index (χ0) is 25.4. The fraction of sp³-hybridized carbons (Fsp3) is 0.565. The van der Waals surface area contributed by atoms with Crippen LogP contribution in [0.15, 0.2) is 29.6 Å². The van der Waals surface area contributed by atoms with Crippen LogP contribution < -0.4 is 5.32 Å². The first kappa shape index (κ1) is 28.0. The molecular formula is C23H34N5O4PS2. The first-order valence-electron chi connectivity index (χ1n) is 11.8. The van der Waals surface area contributed by atoms with Crippen molar-refractivity contribution in [2.24, 2.45) is 5.92 Å². The summed E-state index contributed by atoms with van der Waals surface area (Å²) in [6, 6.07) is 5.65. The van der Waals surface area contributed by atoms with Crippen molar-refractivity contribution in [3.63, 3.8) is 0 Å². The summed E-state index contributed by atoms with van der Waals surface area (Å²) in [7, 11) is -3.31. The van der Waals surface area contributed by atoms with E-state index < -0.39 is 7.60 Å². The molecule has 0 aromatic carbocycles. The fourth-order valence-electron chi connectivity index (χ4n) is 3.53. The molecule has 0 aliphatic carbocycles. The number of aliphatic hydroxyl groups is 1. The quantitative estimate of drug-likeness (QED) is 0.145. The average Bonchev–Trinajstić information content (AvgIpc) is 3.21. The third kappa shape index (κ3) is 7.93. The van der Waals surface area contributed by atoms with Crippen molar-refractivity contribution in [3.8, 4) is 0 Å². The van der Waals surface area contributed by atoms with Gasteiger partial charge in [-0.1, -0.05) is 31.7 Å². The molecule has 0 fully saturated rings. The molecule has 12 heteroatoms. The highest BCUT2D eigenvalue weighted by molar-refractivity contribution is 7.99. The molecule has 3 aromatic heterocycles. The number of thioether (sulfide) groups is 1. The lowest BCUT2D eigenvalue weighted by atomic mass is 10.0. The molecule has 3 rings (SSSR count). The van der Waals surface area contributed by atoms with Crippen molar-refractivity contribution < 1.29 is 18.7 Å². The van der Waals surface area contributed by atoms with Gasteiger partial charge in [0, 0.05) is 6.20 Å². The van der Waals surface area contributed by atoms with Crippen LogP contribution in [0.2, 0.25) is 0 Å². The highest BCUT2D eigenvalue weighted by Crippen LogP contribution is 2.52. The lowest BCUT2D eigenvalue weighted by Crippen LogP contribution is -2.26. The number of hydrogen-bond donors (Lipinski definition) is 2. The second-order valence-electron chi connectivity index (χ2n) is 8.39. The SMILES string of the molecule is CCOP(=O)(Cc1nc2nc(SC(C)c3ccccn3)nc(NC(CO)CC(C)C)c2s1)OCC. The maximum Gasteiger partial charge on any atom is 0.337 e. The zero-order valence-corrected chi connectivity index (χ0v) is 23.3. The Morgan fingerprint density at radius 1 is 1.14 bits per heavy atom. The first-order valence-corrected chi connectivity index (χ1v) is 15.2. The van der Waals surface area contributed by atoms with E-state index in [1.165, 1.54) is 23.1 Å². The normalized spacial score (nSPS) is 13.9. The lowest BCUT2D eigenvalue weighted by Gasteiger charge is -2.19. The van der Waals surface area contributed by atoms with E-state index in [0.717, 1.165) is 16.8 Å². The summed E-state index contributed by atoms with van der Waals surface area (Å²) in [6.07, 6.45) is 2.62. The van der Waals surface area contributed by atoms with Crippen molar-refractivity contribution in [1.29, 1.82) is 0 Å². The van der Waals surface area contributed by atoms with Crippen LogP contribution in [0.25, 0.3) is 10.3 Å². The maximum atomic E-state index is 13.1. The van der Waals surface area contributed by atoms with Gasteiger partial charge in [0.15, 0.2) is 16.6 Å². The van der Waals surface area contributed by atoms with Crippen molar-refractivity contribution in [1.82, 2.24) is 19.9 Å². The predicted octanol–water partition coefficient (Wildman–Crippen LogP) is 5.92. The number of anilines is 1. The van der Waals surface area contributed by atoms with Gasteiger partial charge in [0.1, 0.15) is 15.9 Å². The van der Waals surface area contributed by atoms with Crippen molar-refractivity contribution in [2.75, 3.05) is 25.1 Å². The number of aliphatic hydroxyl groups excluding tert-OH is 1. The number of nitrogens with zero attached hydrogens (tertiary/aromatic N) is 4. The van der Waals surface area contributed by atoms with E-state index in [9.17, 15) is 9.67 Å². The Morgan fingerprint density at radius 2 is 1.89 bits per heavy atom. The van der Waals surface area contributed by atoms with E-state index in [2.05, 4.69) is 41.0 Å². The van der Waals surface area contributed by atoms with Crippen molar-refractivity contribution >= 4 is 46.9 Å². The number of aromatic nitrogens is 4. The van der Waals surface area contributed by atoms with Crippen LogP contribution >= 0.6 is 30.7 Å². The molecule has 9 nitrogen and oxygen atoms in total. The van der Waals surface area contributed by atoms with Crippen molar-refractivity contribution in [2.45, 2.75) is 63.6 Å². The van der Waals surface area contributed by atoms with Gasteiger partial charge >= 0.3 is 7.60 Å². The molecule has 2 N–H and O–H groups in total. The minimum atomic E-state index is -3.31. The number of nitrogens with one attached hydrogen (secondary N) is 1. The van der Waals surface area contributed by atoms with Crippen LogP contribution in [0.5, 0.6) is 0 Å². The number of hydrogen-bond acceptors (Lipinski definition) is 11. The van der Waals surface area contributed by atoms with E-state index in [4.69, 9.17) is 14.0 Å². The van der Waals surface area contributed by atoms with Gasteiger partial charge in [-0.05, 0) is 45.2 Å². The minimum absolute atomic E-state index is 0.0218. The monoisotopic (exact) mass is 539 g/mol. The fourth-order valence-corrected chi connectivity index (χ4v) is 7.32. The Morgan fingerprint density at radius 3 is 2.49 bits per heavy atom. The van der Waals surface area contributed by atoms with Gasteiger partial charge in [-0.15, -0.1) is 11.3 Å². The molecule has 3 aromatic rings. The Hall–Kier alpha value is -1.62. The van der Waals surface area contributed by atoms with Gasteiger partial charge in [0.25, 0.3) is 0 Å². The van der Waals surface area contributed by atoms with Crippen LogP contribution in [0.1, 0.15) is 57.0 Å². The zero-order valence-electron chi connectivity index (χ0n) is 20.8. The largest absolute Gasteiger partial charge is 0.394 e. The molecule has 0 bridgehead atoms. The minimum Gasteiger partial charge on any atom is -0.394 e. The van der Waals surface area contributed by atoms with Gasteiger partial charge < -0.3 is 19.5 Å². The summed E-state index contributed by atoms with van der Waals surface area (Å²) >= 11 is 2.85.